The van der Waals surface area contributed by atoms with Crippen LogP contribution < -0.4 is 11.1 Å². The molecule has 122 valence electrons. The van der Waals surface area contributed by atoms with E-state index >= 15 is 0 Å². The van der Waals surface area contributed by atoms with Crippen molar-refractivity contribution in [1.29, 1.82) is 0 Å². The highest BCUT2D eigenvalue weighted by Crippen LogP contribution is 2.29. The number of aryl methyl sites for hydroxylation is 2. The van der Waals surface area contributed by atoms with Gasteiger partial charge in [0.15, 0.2) is 5.76 Å². The van der Waals surface area contributed by atoms with E-state index in [1.54, 1.807) is 0 Å². The lowest BCUT2D eigenvalue weighted by Crippen LogP contribution is -2.15. The van der Waals surface area contributed by atoms with Gasteiger partial charge in [0.25, 0.3) is 5.91 Å². The van der Waals surface area contributed by atoms with Crippen LogP contribution in [0.25, 0.3) is 11.0 Å². The number of carbonyl (C=O) groups excluding carboxylic acids is 2. The van der Waals surface area contributed by atoms with Crippen LogP contribution in [-0.4, -0.2) is 11.8 Å². The van der Waals surface area contributed by atoms with Crippen LogP contribution in [-0.2, 0) is 0 Å². The number of primary amides is 1. The third-order valence-corrected chi connectivity index (χ3v) is 4.20. The molecule has 2 amide bonds. The molecule has 0 unspecified atom stereocenters. The van der Waals surface area contributed by atoms with Crippen molar-refractivity contribution in [1.82, 2.24) is 0 Å². The van der Waals surface area contributed by atoms with Gasteiger partial charge in [0, 0.05) is 16.5 Å². The first kappa shape index (κ1) is 16.1. The Labute approximate surface area is 143 Å². The predicted octanol–water partition coefficient (Wildman–Crippen LogP) is 4.05. The SMILES string of the molecule is Cc1c(C(=O)Nc2cc(C(N)=O)ccc2Cl)oc2c(C)cccc12. The largest absolute Gasteiger partial charge is 0.450 e. The summed E-state index contributed by atoms with van der Waals surface area (Å²) >= 11 is 6.08. The highest BCUT2D eigenvalue weighted by atomic mass is 35.5. The van der Waals surface area contributed by atoms with Crippen molar-refractivity contribution in [3.05, 3.63) is 63.9 Å². The molecule has 24 heavy (non-hydrogen) atoms. The first-order valence-electron chi connectivity index (χ1n) is 7.28. The topological polar surface area (TPSA) is 85.3 Å². The number of fused-ring (bicyclic) bond motifs is 1. The van der Waals surface area contributed by atoms with Crippen molar-refractivity contribution in [2.75, 3.05) is 5.32 Å². The lowest BCUT2D eigenvalue weighted by atomic mass is 10.1. The van der Waals surface area contributed by atoms with Crippen LogP contribution in [0.5, 0.6) is 0 Å². The Hall–Kier alpha value is -2.79. The number of nitrogens with two attached hydrogens (primary N) is 1. The van der Waals surface area contributed by atoms with E-state index in [2.05, 4.69) is 5.32 Å². The molecule has 0 saturated heterocycles. The second kappa shape index (κ2) is 6.02. The van der Waals surface area contributed by atoms with Crippen LogP contribution in [0.2, 0.25) is 5.02 Å². The Kier molecular flexibility index (Phi) is 4.03. The maximum absolute atomic E-state index is 12.6. The number of rotatable bonds is 3. The molecule has 3 rings (SSSR count). The van der Waals surface area contributed by atoms with Gasteiger partial charge in [-0.2, -0.15) is 0 Å². The van der Waals surface area contributed by atoms with Gasteiger partial charge >= 0.3 is 0 Å². The average molecular weight is 343 g/mol. The summed E-state index contributed by atoms with van der Waals surface area (Å²) in [4.78, 5) is 23.8. The molecule has 3 aromatic rings. The van der Waals surface area contributed by atoms with E-state index in [1.807, 2.05) is 32.0 Å². The van der Waals surface area contributed by atoms with E-state index in [9.17, 15) is 9.59 Å². The fraction of sp³-hybridized carbons (Fsp3) is 0.111. The maximum atomic E-state index is 12.6. The number of para-hydroxylation sites is 1. The van der Waals surface area contributed by atoms with Crippen LogP contribution in [0.3, 0.4) is 0 Å². The van der Waals surface area contributed by atoms with Gasteiger partial charge in [-0.1, -0.05) is 29.8 Å². The Balaban J connectivity index is 1.99. The quantitative estimate of drug-likeness (QED) is 0.752. The van der Waals surface area contributed by atoms with E-state index in [-0.39, 0.29) is 11.3 Å². The number of anilines is 1. The van der Waals surface area contributed by atoms with Crippen LogP contribution in [0.15, 0.2) is 40.8 Å². The van der Waals surface area contributed by atoms with Gasteiger partial charge in [-0.05, 0) is 37.6 Å². The number of hydrogen-bond donors (Lipinski definition) is 2. The fourth-order valence-electron chi connectivity index (χ4n) is 2.55. The molecule has 0 aliphatic heterocycles. The minimum absolute atomic E-state index is 0.208. The third kappa shape index (κ3) is 2.74. The summed E-state index contributed by atoms with van der Waals surface area (Å²) in [6.07, 6.45) is 0. The first-order chi connectivity index (χ1) is 11.4. The zero-order chi connectivity index (χ0) is 17.4. The van der Waals surface area contributed by atoms with Crippen LogP contribution >= 0.6 is 11.6 Å². The molecule has 0 aliphatic rings. The molecule has 1 aromatic heterocycles. The van der Waals surface area contributed by atoms with Gasteiger partial charge in [0.2, 0.25) is 5.91 Å². The zero-order valence-corrected chi connectivity index (χ0v) is 13.9. The van der Waals surface area contributed by atoms with Crippen molar-refractivity contribution in [2.45, 2.75) is 13.8 Å². The molecule has 0 saturated carbocycles. The molecule has 0 aliphatic carbocycles. The van der Waals surface area contributed by atoms with E-state index in [0.29, 0.717) is 16.3 Å². The lowest BCUT2D eigenvalue weighted by molar-refractivity contribution is 0.0989. The molecule has 5 nitrogen and oxygen atoms in total. The van der Waals surface area contributed by atoms with Crippen LogP contribution in [0, 0.1) is 13.8 Å². The van der Waals surface area contributed by atoms with Crippen molar-refractivity contribution in [2.24, 2.45) is 5.73 Å². The summed E-state index contributed by atoms with van der Waals surface area (Å²) in [6.45, 7) is 3.74. The highest BCUT2D eigenvalue weighted by molar-refractivity contribution is 6.34. The van der Waals surface area contributed by atoms with E-state index < -0.39 is 11.8 Å². The number of carbonyl (C=O) groups is 2. The first-order valence-corrected chi connectivity index (χ1v) is 7.65. The van der Waals surface area contributed by atoms with Crippen molar-refractivity contribution >= 4 is 40.1 Å². The van der Waals surface area contributed by atoms with Gasteiger partial charge in [-0.15, -0.1) is 0 Å². The summed E-state index contributed by atoms with van der Waals surface area (Å²) in [5, 5.41) is 3.86. The second-order valence-electron chi connectivity index (χ2n) is 5.52. The molecule has 0 radical (unpaired) electrons. The van der Waals surface area contributed by atoms with Gasteiger partial charge in [-0.3, -0.25) is 9.59 Å². The normalized spacial score (nSPS) is 10.8. The minimum Gasteiger partial charge on any atom is -0.450 e. The van der Waals surface area contributed by atoms with Gasteiger partial charge < -0.3 is 15.5 Å². The Morgan fingerprint density at radius 1 is 1.17 bits per heavy atom. The molecule has 0 spiro atoms. The molecular weight excluding hydrogens is 328 g/mol. The monoisotopic (exact) mass is 342 g/mol. The highest BCUT2D eigenvalue weighted by Gasteiger charge is 2.19. The summed E-state index contributed by atoms with van der Waals surface area (Å²) < 4.78 is 5.73. The molecule has 0 fully saturated rings. The number of halogens is 1. The molecule has 1 heterocycles. The Bertz CT molecular complexity index is 976. The standard InChI is InChI=1S/C18H15ClN2O3/c1-9-4-3-5-12-10(2)16(24-15(9)12)18(23)21-14-8-11(17(20)22)6-7-13(14)19/h3-8H,1-2H3,(H2,20,22)(H,21,23). The van der Waals surface area contributed by atoms with E-state index in [0.717, 1.165) is 16.5 Å². The Morgan fingerprint density at radius 2 is 1.92 bits per heavy atom. The average Bonchev–Trinajstić information content (AvgIpc) is 2.88. The number of hydrogen-bond acceptors (Lipinski definition) is 3. The summed E-state index contributed by atoms with van der Waals surface area (Å²) in [5.41, 5.74) is 8.18. The predicted molar refractivity (Wildman–Crippen MR) is 93.6 cm³/mol. The molecule has 2 aromatic carbocycles. The van der Waals surface area contributed by atoms with Gasteiger partial charge in [-0.25, -0.2) is 0 Å². The Morgan fingerprint density at radius 3 is 2.58 bits per heavy atom. The number of nitrogens with one attached hydrogen (secondary N) is 1. The zero-order valence-electron chi connectivity index (χ0n) is 13.1. The molecular formula is C18H15ClN2O3. The van der Waals surface area contributed by atoms with Crippen molar-refractivity contribution in [3.63, 3.8) is 0 Å². The maximum Gasteiger partial charge on any atom is 0.291 e. The summed E-state index contributed by atoms with van der Waals surface area (Å²) in [5.74, 6) is -0.829. The minimum atomic E-state index is -0.599. The van der Waals surface area contributed by atoms with E-state index in [1.165, 1.54) is 18.2 Å². The van der Waals surface area contributed by atoms with Gasteiger partial charge in [0.05, 0.1) is 10.7 Å². The molecule has 3 N–H and O–H groups in total. The fourth-order valence-corrected chi connectivity index (χ4v) is 2.72. The van der Waals surface area contributed by atoms with Crippen LogP contribution in [0.4, 0.5) is 5.69 Å². The van der Waals surface area contributed by atoms with Gasteiger partial charge in [0.1, 0.15) is 5.58 Å². The summed E-state index contributed by atoms with van der Waals surface area (Å²) in [6, 6.07) is 10.2. The summed E-state index contributed by atoms with van der Waals surface area (Å²) in [7, 11) is 0. The number of benzene rings is 2. The third-order valence-electron chi connectivity index (χ3n) is 3.87. The molecule has 0 atom stereocenters. The van der Waals surface area contributed by atoms with Crippen LogP contribution in [0.1, 0.15) is 32.0 Å². The molecule has 6 heteroatoms. The van der Waals surface area contributed by atoms with Crippen molar-refractivity contribution < 1.29 is 14.0 Å². The number of amides is 2. The second-order valence-corrected chi connectivity index (χ2v) is 5.93. The molecule has 0 bridgehead atoms. The number of furan rings is 1. The smallest absolute Gasteiger partial charge is 0.291 e. The van der Waals surface area contributed by atoms with E-state index in [4.69, 9.17) is 21.8 Å². The lowest BCUT2D eigenvalue weighted by Gasteiger charge is -2.07. The van der Waals surface area contributed by atoms with Crippen molar-refractivity contribution in [3.8, 4) is 0 Å².